The molecule has 1 aromatic heterocycles. The fourth-order valence-electron chi connectivity index (χ4n) is 3.03. The molecule has 0 aliphatic carbocycles. The summed E-state index contributed by atoms with van der Waals surface area (Å²) in [7, 11) is 1.62. The van der Waals surface area contributed by atoms with Crippen molar-refractivity contribution in [2.45, 2.75) is 6.42 Å². The predicted octanol–water partition coefficient (Wildman–Crippen LogP) is 4.65. The van der Waals surface area contributed by atoms with E-state index in [0.29, 0.717) is 22.3 Å². The van der Waals surface area contributed by atoms with Crippen LogP contribution in [0.2, 0.25) is 10.0 Å². The van der Waals surface area contributed by atoms with Crippen molar-refractivity contribution in [3.05, 3.63) is 58.1 Å². The van der Waals surface area contributed by atoms with Gasteiger partial charge in [0.2, 0.25) is 0 Å². The van der Waals surface area contributed by atoms with Crippen LogP contribution in [0.4, 0.5) is 16.3 Å². The molecule has 3 aromatic rings. The van der Waals surface area contributed by atoms with E-state index in [1.807, 2.05) is 18.2 Å². The summed E-state index contributed by atoms with van der Waals surface area (Å²) in [5, 5.41) is 6.33. The number of anilines is 2. The molecule has 0 fully saturated rings. The van der Waals surface area contributed by atoms with Gasteiger partial charge in [-0.15, -0.1) is 0 Å². The molecule has 0 bridgehead atoms. The fourth-order valence-corrected chi connectivity index (χ4v) is 3.33. The smallest absolute Gasteiger partial charge is 0.338 e. The largest absolute Gasteiger partial charge is 0.497 e. The van der Waals surface area contributed by atoms with E-state index in [9.17, 15) is 4.79 Å². The van der Waals surface area contributed by atoms with Crippen molar-refractivity contribution in [3.8, 4) is 5.75 Å². The van der Waals surface area contributed by atoms with Gasteiger partial charge in [-0.2, -0.15) is 0 Å². The number of fused-ring (bicyclic) bond motifs is 2. The Labute approximate surface area is 166 Å². The maximum Gasteiger partial charge on any atom is 0.338 e. The van der Waals surface area contributed by atoms with Crippen LogP contribution in [0, 0.1) is 0 Å². The van der Waals surface area contributed by atoms with E-state index in [1.54, 1.807) is 30.3 Å². The van der Waals surface area contributed by atoms with E-state index in [4.69, 9.17) is 32.9 Å². The van der Waals surface area contributed by atoms with Crippen molar-refractivity contribution in [1.82, 2.24) is 10.4 Å². The number of pyridine rings is 1. The number of halogens is 2. The van der Waals surface area contributed by atoms with Crippen molar-refractivity contribution in [2.24, 2.45) is 0 Å². The third kappa shape index (κ3) is 3.59. The van der Waals surface area contributed by atoms with Crippen LogP contribution in [0.25, 0.3) is 10.9 Å². The van der Waals surface area contributed by atoms with Crippen molar-refractivity contribution in [1.29, 1.82) is 0 Å². The highest BCUT2D eigenvalue weighted by molar-refractivity contribution is 6.42. The first-order chi connectivity index (χ1) is 13.0. The normalized spacial score (nSPS) is 12.8. The van der Waals surface area contributed by atoms with Crippen molar-refractivity contribution in [2.75, 3.05) is 24.0 Å². The second-order valence-corrected chi connectivity index (χ2v) is 6.94. The number of hydrogen-bond donors (Lipinski definition) is 2. The summed E-state index contributed by atoms with van der Waals surface area (Å²) in [4.78, 5) is 17.0. The molecule has 2 heterocycles. The molecule has 0 saturated heterocycles. The lowest BCUT2D eigenvalue weighted by Gasteiger charge is -2.20. The standard InChI is InChI=1S/C19H16Cl2N4O2/c1-27-14-4-2-11-8-12-6-7-25(18(12)23-17(11)10-14)24-19(26)22-13-3-5-15(20)16(21)9-13/h2-5,8-10H,6-7H2,1H3,(H2,22,24,26). The number of methoxy groups -OCH3 is 1. The number of ether oxygens (including phenoxy) is 1. The van der Waals surface area contributed by atoms with Gasteiger partial charge < -0.3 is 10.1 Å². The summed E-state index contributed by atoms with van der Waals surface area (Å²) in [6.07, 6.45) is 0.803. The minimum atomic E-state index is -0.381. The summed E-state index contributed by atoms with van der Waals surface area (Å²) in [5.74, 6) is 1.48. The van der Waals surface area contributed by atoms with E-state index in [0.717, 1.165) is 34.5 Å². The zero-order valence-electron chi connectivity index (χ0n) is 14.4. The number of nitrogens with zero attached hydrogens (tertiary/aromatic N) is 2. The van der Waals surface area contributed by atoms with Gasteiger partial charge in [-0.05, 0) is 48.4 Å². The van der Waals surface area contributed by atoms with Gasteiger partial charge in [-0.1, -0.05) is 23.2 Å². The monoisotopic (exact) mass is 402 g/mol. The highest BCUT2D eigenvalue weighted by Crippen LogP contribution is 2.30. The molecule has 0 unspecified atom stereocenters. The Balaban J connectivity index is 1.53. The fraction of sp³-hybridized carbons (Fsp3) is 0.158. The van der Waals surface area contributed by atoms with Crippen LogP contribution in [-0.2, 0) is 6.42 Å². The Bertz CT molecular complexity index is 1040. The Morgan fingerprint density at radius 3 is 2.78 bits per heavy atom. The zero-order chi connectivity index (χ0) is 19.0. The lowest BCUT2D eigenvalue weighted by atomic mass is 10.1. The molecule has 1 aliphatic heterocycles. The van der Waals surface area contributed by atoms with Crippen LogP contribution in [-0.4, -0.2) is 24.7 Å². The van der Waals surface area contributed by atoms with Crippen molar-refractivity contribution < 1.29 is 9.53 Å². The first-order valence-corrected chi connectivity index (χ1v) is 9.07. The van der Waals surface area contributed by atoms with Crippen molar-refractivity contribution in [3.63, 3.8) is 0 Å². The second-order valence-electron chi connectivity index (χ2n) is 6.13. The van der Waals surface area contributed by atoms with Crippen LogP contribution in [0.5, 0.6) is 5.75 Å². The number of amides is 2. The summed E-state index contributed by atoms with van der Waals surface area (Å²) >= 11 is 11.9. The van der Waals surface area contributed by atoms with E-state index in [2.05, 4.69) is 16.8 Å². The van der Waals surface area contributed by atoms with Gasteiger partial charge in [0.05, 0.1) is 22.7 Å². The van der Waals surface area contributed by atoms with Gasteiger partial charge in [-0.3, -0.25) is 5.01 Å². The molecule has 0 radical (unpaired) electrons. The third-order valence-electron chi connectivity index (χ3n) is 4.36. The molecule has 2 amide bonds. The molecule has 138 valence electrons. The van der Waals surface area contributed by atoms with Gasteiger partial charge in [-0.25, -0.2) is 15.2 Å². The van der Waals surface area contributed by atoms with Crippen LogP contribution < -0.4 is 20.5 Å². The quantitative estimate of drug-likeness (QED) is 0.668. The second kappa shape index (κ2) is 7.13. The highest BCUT2D eigenvalue weighted by atomic mass is 35.5. The number of nitrogens with one attached hydrogen (secondary N) is 2. The summed E-state index contributed by atoms with van der Waals surface area (Å²) in [6, 6.07) is 12.4. The third-order valence-corrected chi connectivity index (χ3v) is 5.09. The molecule has 2 N–H and O–H groups in total. The molecular formula is C19H16Cl2N4O2. The van der Waals surface area contributed by atoms with Crippen LogP contribution >= 0.6 is 23.2 Å². The summed E-state index contributed by atoms with van der Waals surface area (Å²) in [5.41, 5.74) is 5.28. The Morgan fingerprint density at radius 2 is 2.00 bits per heavy atom. The van der Waals surface area contributed by atoms with E-state index < -0.39 is 0 Å². The number of hydrogen-bond acceptors (Lipinski definition) is 4. The number of benzene rings is 2. The lowest BCUT2D eigenvalue weighted by molar-refractivity contribution is 0.251. The maximum absolute atomic E-state index is 12.4. The maximum atomic E-state index is 12.4. The molecule has 4 rings (SSSR count). The topological polar surface area (TPSA) is 66.5 Å². The summed E-state index contributed by atoms with van der Waals surface area (Å²) < 4.78 is 5.26. The number of carbonyl (C=O) groups excluding carboxylic acids is 1. The van der Waals surface area contributed by atoms with Gasteiger partial charge in [0.15, 0.2) is 5.82 Å². The number of carbonyl (C=O) groups is 1. The molecule has 6 nitrogen and oxygen atoms in total. The first-order valence-electron chi connectivity index (χ1n) is 8.31. The van der Waals surface area contributed by atoms with E-state index in [-0.39, 0.29) is 6.03 Å². The van der Waals surface area contributed by atoms with E-state index >= 15 is 0 Å². The molecule has 1 aliphatic rings. The molecule has 0 saturated carbocycles. The Hall–Kier alpha value is -2.70. The SMILES string of the molecule is COc1ccc2cc3c(nc2c1)N(NC(=O)Nc1ccc(Cl)c(Cl)c1)CC3. The van der Waals surface area contributed by atoms with Crippen LogP contribution in [0.3, 0.4) is 0 Å². The molecule has 27 heavy (non-hydrogen) atoms. The number of rotatable bonds is 3. The van der Waals surface area contributed by atoms with Gasteiger partial charge in [0, 0.05) is 23.7 Å². The first kappa shape index (κ1) is 17.7. The van der Waals surface area contributed by atoms with Crippen LogP contribution in [0.1, 0.15) is 5.56 Å². The highest BCUT2D eigenvalue weighted by Gasteiger charge is 2.23. The number of aromatic nitrogens is 1. The Morgan fingerprint density at radius 1 is 1.15 bits per heavy atom. The number of hydrazine groups is 1. The van der Waals surface area contributed by atoms with Gasteiger partial charge >= 0.3 is 6.03 Å². The minimum Gasteiger partial charge on any atom is -0.497 e. The summed E-state index contributed by atoms with van der Waals surface area (Å²) in [6.45, 7) is 0.643. The molecule has 8 heteroatoms. The lowest BCUT2D eigenvalue weighted by Crippen LogP contribution is -2.44. The molecule has 0 spiro atoms. The minimum absolute atomic E-state index is 0.378. The Kier molecular flexibility index (Phi) is 4.68. The average molecular weight is 403 g/mol. The predicted molar refractivity (Wildman–Crippen MR) is 108 cm³/mol. The molecule has 0 atom stereocenters. The zero-order valence-corrected chi connectivity index (χ0v) is 15.9. The average Bonchev–Trinajstić information content (AvgIpc) is 3.04. The number of urea groups is 1. The van der Waals surface area contributed by atoms with Gasteiger partial charge in [0.1, 0.15) is 5.75 Å². The molecular weight excluding hydrogens is 387 g/mol. The molecule has 2 aromatic carbocycles. The van der Waals surface area contributed by atoms with Gasteiger partial charge in [0.25, 0.3) is 0 Å². The van der Waals surface area contributed by atoms with Crippen LogP contribution in [0.15, 0.2) is 42.5 Å². The van der Waals surface area contributed by atoms with E-state index in [1.165, 1.54) is 0 Å². The van der Waals surface area contributed by atoms with Crippen molar-refractivity contribution >= 4 is 51.6 Å².